The van der Waals surface area contributed by atoms with E-state index in [0.717, 1.165) is 24.1 Å². The lowest BCUT2D eigenvalue weighted by Crippen LogP contribution is -2.24. The monoisotopic (exact) mass is 413 g/mol. The molecule has 160 valence electrons. The summed E-state index contributed by atoms with van der Waals surface area (Å²) in [5.41, 5.74) is 4.47. The number of nitrogens with one attached hydrogen (secondary N) is 1. The van der Waals surface area contributed by atoms with Crippen LogP contribution in [0.25, 0.3) is 6.08 Å². The average molecular weight is 414 g/mol. The summed E-state index contributed by atoms with van der Waals surface area (Å²) in [6.07, 6.45) is 6.00. The molecular weight excluding hydrogens is 382 g/mol. The Kier molecular flexibility index (Phi) is 7.66. The summed E-state index contributed by atoms with van der Waals surface area (Å²) in [7, 11) is 0. The van der Waals surface area contributed by atoms with Gasteiger partial charge in [0.1, 0.15) is 5.60 Å². The van der Waals surface area contributed by atoms with Crippen molar-refractivity contribution in [1.29, 1.82) is 0 Å². The Labute approximate surface area is 185 Å². The second-order valence-electron chi connectivity index (χ2n) is 8.56. The van der Waals surface area contributed by atoms with Crippen molar-refractivity contribution in [3.63, 3.8) is 0 Å². The highest BCUT2D eigenvalue weighted by atomic mass is 16.6. The van der Waals surface area contributed by atoms with Crippen molar-refractivity contribution >= 4 is 17.7 Å². The largest absolute Gasteiger partial charge is 0.456 e. The molecule has 0 amide bonds. The minimum Gasteiger partial charge on any atom is -0.456 e. The second-order valence-corrected chi connectivity index (χ2v) is 8.56. The quantitative estimate of drug-likeness (QED) is 0.425. The first-order valence-electron chi connectivity index (χ1n) is 10.8. The predicted octanol–water partition coefficient (Wildman–Crippen LogP) is 6.55. The van der Waals surface area contributed by atoms with Crippen LogP contribution in [0, 0.1) is 0 Å². The Bertz CT molecular complexity index is 1000. The van der Waals surface area contributed by atoms with Crippen molar-refractivity contribution in [3.8, 4) is 0 Å². The van der Waals surface area contributed by atoms with Gasteiger partial charge in [-0.25, -0.2) is 4.79 Å². The van der Waals surface area contributed by atoms with E-state index in [0.29, 0.717) is 12.1 Å². The first-order valence-corrected chi connectivity index (χ1v) is 10.8. The molecule has 3 aromatic carbocycles. The van der Waals surface area contributed by atoms with Crippen LogP contribution in [0.2, 0.25) is 0 Å². The molecule has 31 heavy (non-hydrogen) atoms. The summed E-state index contributed by atoms with van der Waals surface area (Å²) in [5.74, 6) is -0.309. The van der Waals surface area contributed by atoms with Gasteiger partial charge in [-0.2, -0.15) is 0 Å². The van der Waals surface area contributed by atoms with E-state index in [1.807, 2.05) is 57.2 Å². The molecule has 0 bridgehead atoms. The zero-order valence-corrected chi connectivity index (χ0v) is 18.6. The van der Waals surface area contributed by atoms with Gasteiger partial charge in [-0.15, -0.1) is 0 Å². The lowest BCUT2D eigenvalue weighted by atomic mass is 10.0. The fraction of sp³-hybridized carbons (Fsp3) is 0.250. The Morgan fingerprint density at radius 1 is 0.871 bits per heavy atom. The summed E-state index contributed by atoms with van der Waals surface area (Å²) in [5, 5.41) is 3.40. The van der Waals surface area contributed by atoms with Crippen LogP contribution >= 0.6 is 0 Å². The highest BCUT2D eigenvalue weighted by molar-refractivity contribution is 5.96. The number of hydrogen-bond donors (Lipinski definition) is 1. The number of esters is 1. The third-order valence-electron chi connectivity index (χ3n) is 4.77. The van der Waals surface area contributed by atoms with E-state index >= 15 is 0 Å². The second kappa shape index (κ2) is 10.6. The number of ether oxygens (including phenoxy) is 1. The summed E-state index contributed by atoms with van der Waals surface area (Å²) in [6.45, 7) is 6.27. The summed E-state index contributed by atoms with van der Waals surface area (Å²) >= 11 is 0. The van der Waals surface area contributed by atoms with Crippen molar-refractivity contribution in [2.24, 2.45) is 0 Å². The van der Waals surface area contributed by atoms with Crippen LogP contribution in [0.3, 0.4) is 0 Å². The molecule has 3 aromatic rings. The Balaban J connectivity index is 1.74. The van der Waals surface area contributed by atoms with Gasteiger partial charge in [0, 0.05) is 12.2 Å². The summed E-state index contributed by atoms with van der Waals surface area (Å²) in [4.78, 5) is 12.7. The maximum absolute atomic E-state index is 12.7. The Morgan fingerprint density at radius 2 is 1.52 bits per heavy atom. The van der Waals surface area contributed by atoms with E-state index in [-0.39, 0.29) is 5.97 Å². The number of anilines is 1. The van der Waals surface area contributed by atoms with Gasteiger partial charge in [-0.05, 0) is 62.4 Å². The fourth-order valence-electron chi connectivity index (χ4n) is 3.27. The minimum atomic E-state index is -0.534. The molecule has 0 heterocycles. The van der Waals surface area contributed by atoms with Crippen LogP contribution < -0.4 is 5.32 Å². The molecule has 0 saturated carbocycles. The maximum Gasteiger partial charge on any atom is 0.340 e. The summed E-state index contributed by atoms with van der Waals surface area (Å²) < 4.78 is 5.61. The number of benzene rings is 3. The molecule has 0 aromatic heterocycles. The van der Waals surface area contributed by atoms with Crippen molar-refractivity contribution in [1.82, 2.24) is 0 Å². The molecule has 0 atom stereocenters. The SMILES string of the molecule is CC(C)(C)OC(=O)c1ccc(CCc2ccccc2)cc1NCC=Cc1ccccc1. The molecule has 0 aliphatic carbocycles. The molecule has 0 aliphatic rings. The molecule has 0 fully saturated rings. The van der Waals surface area contributed by atoms with E-state index in [2.05, 4.69) is 59.9 Å². The molecule has 3 rings (SSSR count). The van der Waals surface area contributed by atoms with E-state index < -0.39 is 5.60 Å². The van der Waals surface area contributed by atoms with Crippen LogP contribution in [0.4, 0.5) is 5.69 Å². The third-order valence-corrected chi connectivity index (χ3v) is 4.77. The zero-order chi connectivity index (χ0) is 22.1. The molecule has 0 saturated heterocycles. The highest BCUT2D eigenvalue weighted by Gasteiger charge is 2.20. The van der Waals surface area contributed by atoms with E-state index in [4.69, 9.17) is 4.74 Å². The van der Waals surface area contributed by atoms with Gasteiger partial charge in [0.15, 0.2) is 0 Å². The number of rotatable bonds is 8. The van der Waals surface area contributed by atoms with Crippen LogP contribution in [0.1, 0.15) is 47.8 Å². The van der Waals surface area contributed by atoms with Crippen LogP contribution in [-0.4, -0.2) is 18.1 Å². The van der Waals surface area contributed by atoms with Crippen molar-refractivity contribution < 1.29 is 9.53 Å². The topological polar surface area (TPSA) is 38.3 Å². The van der Waals surface area contributed by atoms with Gasteiger partial charge < -0.3 is 10.1 Å². The minimum absolute atomic E-state index is 0.309. The summed E-state index contributed by atoms with van der Waals surface area (Å²) in [6, 6.07) is 26.6. The molecular formula is C28H31NO2. The van der Waals surface area contributed by atoms with Crippen LogP contribution in [0.5, 0.6) is 0 Å². The van der Waals surface area contributed by atoms with Gasteiger partial charge in [0.05, 0.1) is 5.56 Å². The molecule has 0 unspecified atom stereocenters. The lowest BCUT2D eigenvalue weighted by molar-refractivity contribution is 0.00707. The fourth-order valence-corrected chi connectivity index (χ4v) is 3.27. The molecule has 0 radical (unpaired) electrons. The number of aryl methyl sites for hydroxylation is 2. The molecule has 0 spiro atoms. The molecule has 3 heteroatoms. The molecule has 1 N–H and O–H groups in total. The van der Waals surface area contributed by atoms with E-state index in [1.54, 1.807) is 0 Å². The normalized spacial score (nSPS) is 11.5. The highest BCUT2D eigenvalue weighted by Crippen LogP contribution is 2.22. The molecule has 0 aliphatic heterocycles. The van der Waals surface area contributed by atoms with Crippen LogP contribution in [-0.2, 0) is 17.6 Å². The van der Waals surface area contributed by atoms with Gasteiger partial charge in [0.2, 0.25) is 0 Å². The Hall–Kier alpha value is -3.33. The lowest BCUT2D eigenvalue weighted by Gasteiger charge is -2.21. The van der Waals surface area contributed by atoms with Gasteiger partial charge >= 0.3 is 5.97 Å². The van der Waals surface area contributed by atoms with Gasteiger partial charge in [0.25, 0.3) is 0 Å². The Morgan fingerprint density at radius 3 is 2.19 bits per heavy atom. The number of carbonyl (C=O) groups is 1. The number of carbonyl (C=O) groups excluding carboxylic acids is 1. The number of hydrogen-bond acceptors (Lipinski definition) is 3. The zero-order valence-electron chi connectivity index (χ0n) is 18.6. The maximum atomic E-state index is 12.7. The predicted molar refractivity (Wildman–Crippen MR) is 129 cm³/mol. The third kappa shape index (κ3) is 7.45. The van der Waals surface area contributed by atoms with E-state index in [9.17, 15) is 4.79 Å². The van der Waals surface area contributed by atoms with Crippen molar-refractivity contribution in [2.75, 3.05) is 11.9 Å². The van der Waals surface area contributed by atoms with Gasteiger partial charge in [-0.1, -0.05) is 78.9 Å². The van der Waals surface area contributed by atoms with Gasteiger partial charge in [-0.3, -0.25) is 0 Å². The van der Waals surface area contributed by atoms with Crippen LogP contribution in [0.15, 0.2) is 84.9 Å². The average Bonchev–Trinajstić information content (AvgIpc) is 2.75. The first-order chi connectivity index (χ1) is 14.9. The van der Waals surface area contributed by atoms with E-state index in [1.165, 1.54) is 11.1 Å². The standard InChI is InChI=1S/C28H31NO2/c1-28(2,3)31-27(30)25-19-18-24(17-16-23-13-8-5-9-14-23)21-26(25)29-20-10-15-22-11-6-4-7-12-22/h4-15,18-19,21,29H,16-17,20H2,1-3H3. The molecule has 3 nitrogen and oxygen atoms in total. The smallest absolute Gasteiger partial charge is 0.340 e. The van der Waals surface area contributed by atoms with Crippen molar-refractivity contribution in [2.45, 2.75) is 39.2 Å². The first kappa shape index (κ1) is 22.4. The van der Waals surface area contributed by atoms with Crippen molar-refractivity contribution in [3.05, 3.63) is 107 Å².